The number of para-hydroxylation sites is 1. The van der Waals surface area contributed by atoms with Crippen molar-refractivity contribution < 1.29 is 14.4 Å². The molecular formula is C18H17IN4O3S. The molecule has 2 rings (SSSR count). The summed E-state index contributed by atoms with van der Waals surface area (Å²) in [5.41, 5.74) is 5.93. The fraction of sp³-hybridized carbons (Fsp3) is 0.111. The number of rotatable bonds is 5. The van der Waals surface area contributed by atoms with Crippen molar-refractivity contribution in [1.82, 2.24) is 16.2 Å². The van der Waals surface area contributed by atoms with Gasteiger partial charge in [0.15, 0.2) is 5.11 Å². The van der Waals surface area contributed by atoms with Crippen LogP contribution in [0.25, 0.3) is 0 Å². The second-order valence-corrected chi connectivity index (χ2v) is 6.92. The Morgan fingerprint density at radius 1 is 0.852 bits per heavy atom. The van der Waals surface area contributed by atoms with Gasteiger partial charge in [-0.25, -0.2) is 0 Å². The number of halogens is 1. The molecular weight excluding hydrogens is 479 g/mol. The Balaban J connectivity index is 1.69. The number of hydrogen-bond donors (Lipinski definition) is 4. The summed E-state index contributed by atoms with van der Waals surface area (Å²) in [6.45, 7) is 0. The molecule has 3 amide bonds. The van der Waals surface area contributed by atoms with Crippen LogP contribution in [0.15, 0.2) is 54.6 Å². The van der Waals surface area contributed by atoms with Crippen LogP contribution in [0.4, 0.5) is 5.69 Å². The molecule has 0 unspecified atom stereocenters. The summed E-state index contributed by atoms with van der Waals surface area (Å²) in [7, 11) is 0. The highest BCUT2D eigenvalue weighted by Gasteiger charge is 2.12. The number of carbonyl (C=O) groups excluding carboxylic acids is 3. The van der Waals surface area contributed by atoms with Gasteiger partial charge in [-0.2, -0.15) is 0 Å². The lowest BCUT2D eigenvalue weighted by Crippen LogP contribution is -2.48. The Bertz CT molecular complexity index is 846. The monoisotopic (exact) mass is 496 g/mol. The normalized spacial score (nSPS) is 9.81. The van der Waals surface area contributed by atoms with Crippen LogP contribution in [0.3, 0.4) is 0 Å². The van der Waals surface area contributed by atoms with Gasteiger partial charge < -0.3 is 5.32 Å². The van der Waals surface area contributed by atoms with Gasteiger partial charge in [0.1, 0.15) is 0 Å². The summed E-state index contributed by atoms with van der Waals surface area (Å²) in [5, 5.41) is 5.12. The van der Waals surface area contributed by atoms with E-state index in [0.717, 1.165) is 3.57 Å². The molecule has 2 aromatic rings. The molecule has 0 aliphatic heterocycles. The van der Waals surface area contributed by atoms with Gasteiger partial charge >= 0.3 is 0 Å². The smallest absolute Gasteiger partial charge is 0.258 e. The quantitative estimate of drug-likeness (QED) is 0.290. The van der Waals surface area contributed by atoms with Gasteiger partial charge in [-0.3, -0.25) is 30.6 Å². The van der Waals surface area contributed by atoms with Crippen molar-refractivity contribution in [1.29, 1.82) is 0 Å². The number of amides is 3. The van der Waals surface area contributed by atoms with Crippen LogP contribution in [-0.2, 0) is 9.59 Å². The first-order chi connectivity index (χ1) is 13.0. The van der Waals surface area contributed by atoms with E-state index in [9.17, 15) is 14.4 Å². The van der Waals surface area contributed by atoms with Gasteiger partial charge in [-0.15, -0.1) is 0 Å². The van der Waals surface area contributed by atoms with E-state index in [0.29, 0.717) is 11.3 Å². The summed E-state index contributed by atoms with van der Waals surface area (Å²) >= 11 is 7.02. The molecule has 0 atom stereocenters. The summed E-state index contributed by atoms with van der Waals surface area (Å²) in [5.74, 6) is -1.08. The predicted octanol–water partition coefficient (Wildman–Crippen LogP) is 2.35. The molecule has 4 N–H and O–H groups in total. The lowest BCUT2D eigenvalue weighted by atomic mass is 10.2. The Kier molecular flexibility index (Phi) is 8.14. The van der Waals surface area contributed by atoms with Crippen molar-refractivity contribution in [2.24, 2.45) is 0 Å². The van der Waals surface area contributed by atoms with Crippen molar-refractivity contribution >= 4 is 63.3 Å². The average Bonchev–Trinajstić information content (AvgIpc) is 2.66. The summed E-state index contributed by atoms with van der Waals surface area (Å²) in [6.07, 6.45) is -0.0114. The first-order valence-electron chi connectivity index (χ1n) is 7.95. The summed E-state index contributed by atoms with van der Waals surface area (Å²) < 4.78 is 0.781. The molecule has 9 heteroatoms. The Morgan fingerprint density at radius 2 is 1.48 bits per heavy atom. The Labute approximate surface area is 175 Å². The van der Waals surface area contributed by atoms with Gasteiger partial charge in [0.05, 0.1) is 5.56 Å². The molecule has 0 aliphatic carbocycles. The molecule has 0 radical (unpaired) electrons. The van der Waals surface area contributed by atoms with E-state index in [2.05, 4.69) is 21.5 Å². The number of carbonyl (C=O) groups is 3. The van der Waals surface area contributed by atoms with Crippen LogP contribution < -0.4 is 21.5 Å². The average molecular weight is 496 g/mol. The maximum atomic E-state index is 12.1. The van der Waals surface area contributed by atoms with E-state index in [1.807, 2.05) is 34.7 Å². The van der Waals surface area contributed by atoms with Crippen LogP contribution in [0.1, 0.15) is 23.2 Å². The lowest BCUT2D eigenvalue weighted by molar-refractivity contribution is -0.124. The van der Waals surface area contributed by atoms with E-state index in [-0.39, 0.29) is 29.8 Å². The molecule has 0 saturated heterocycles. The molecule has 0 saturated carbocycles. The molecule has 2 aromatic carbocycles. The highest BCUT2D eigenvalue weighted by atomic mass is 127. The van der Waals surface area contributed by atoms with Gasteiger partial charge in [-0.1, -0.05) is 30.3 Å². The highest BCUT2D eigenvalue weighted by molar-refractivity contribution is 14.1. The van der Waals surface area contributed by atoms with Crippen LogP contribution in [0, 0.1) is 3.57 Å². The second-order valence-electron chi connectivity index (χ2n) is 5.35. The van der Waals surface area contributed by atoms with Crippen molar-refractivity contribution in [3.05, 3.63) is 63.7 Å². The first kappa shape index (κ1) is 20.8. The molecule has 0 aliphatic rings. The zero-order valence-corrected chi connectivity index (χ0v) is 17.1. The fourth-order valence-corrected chi connectivity index (χ4v) is 2.78. The van der Waals surface area contributed by atoms with E-state index in [1.54, 1.807) is 42.5 Å². The molecule has 27 heavy (non-hydrogen) atoms. The number of hydrogen-bond acceptors (Lipinski definition) is 4. The minimum atomic E-state index is -0.427. The predicted molar refractivity (Wildman–Crippen MR) is 115 cm³/mol. The third kappa shape index (κ3) is 7.31. The zero-order valence-electron chi connectivity index (χ0n) is 14.1. The van der Waals surface area contributed by atoms with Gasteiger partial charge in [0.25, 0.3) is 5.91 Å². The second kappa shape index (κ2) is 10.6. The Morgan fingerprint density at radius 3 is 2.19 bits per heavy atom. The largest absolute Gasteiger partial charge is 0.326 e. The summed E-state index contributed by atoms with van der Waals surface area (Å²) in [6, 6.07) is 16.0. The van der Waals surface area contributed by atoms with Crippen molar-refractivity contribution in [2.45, 2.75) is 12.8 Å². The van der Waals surface area contributed by atoms with Crippen molar-refractivity contribution in [2.75, 3.05) is 5.32 Å². The SMILES string of the molecule is O=C(CCC(=O)Nc1ccccc1)NNC(=S)NC(=O)c1ccccc1I. The molecule has 0 fully saturated rings. The highest BCUT2D eigenvalue weighted by Crippen LogP contribution is 2.10. The zero-order chi connectivity index (χ0) is 19.6. The minimum absolute atomic E-state index is 0.0176. The number of benzene rings is 2. The van der Waals surface area contributed by atoms with E-state index in [1.165, 1.54) is 0 Å². The van der Waals surface area contributed by atoms with E-state index < -0.39 is 5.91 Å². The van der Waals surface area contributed by atoms with Crippen LogP contribution in [0.2, 0.25) is 0 Å². The van der Waals surface area contributed by atoms with Crippen molar-refractivity contribution in [3.63, 3.8) is 0 Å². The molecule has 0 heterocycles. The number of anilines is 1. The minimum Gasteiger partial charge on any atom is -0.326 e. The molecule has 140 valence electrons. The van der Waals surface area contributed by atoms with Gasteiger partial charge in [0.2, 0.25) is 11.8 Å². The molecule has 0 aromatic heterocycles. The van der Waals surface area contributed by atoms with Crippen LogP contribution >= 0.6 is 34.8 Å². The number of hydrazine groups is 1. The standard InChI is InChI=1S/C18H17IN4O3S/c19-14-9-5-4-8-13(14)17(26)21-18(27)23-22-16(25)11-10-15(24)20-12-6-2-1-3-7-12/h1-9H,10-11H2,(H,20,24)(H,22,25)(H2,21,23,26,27). The fourth-order valence-electron chi connectivity index (χ4n) is 2.01. The number of thiocarbonyl (C=S) groups is 1. The molecule has 7 nitrogen and oxygen atoms in total. The van der Waals surface area contributed by atoms with E-state index >= 15 is 0 Å². The molecule has 0 bridgehead atoms. The number of nitrogens with one attached hydrogen (secondary N) is 4. The summed E-state index contributed by atoms with van der Waals surface area (Å²) in [4.78, 5) is 35.7. The van der Waals surface area contributed by atoms with E-state index in [4.69, 9.17) is 12.2 Å². The lowest BCUT2D eigenvalue weighted by Gasteiger charge is -2.11. The molecule has 0 spiro atoms. The van der Waals surface area contributed by atoms with Crippen LogP contribution in [0.5, 0.6) is 0 Å². The maximum absolute atomic E-state index is 12.1. The first-order valence-corrected chi connectivity index (χ1v) is 9.44. The third-order valence-electron chi connectivity index (χ3n) is 3.30. The third-order valence-corrected chi connectivity index (χ3v) is 4.44. The van der Waals surface area contributed by atoms with Gasteiger partial charge in [0, 0.05) is 22.1 Å². The maximum Gasteiger partial charge on any atom is 0.258 e. The Hall–Kier alpha value is -2.53. The van der Waals surface area contributed by atoms with Crippen molar-refractivity contribution in [3.8, 4) is 0 Å². The van der Waals surface area contributed by atoms with Crippen LogP contribution in [-0.4, -0.2) is 22.8 Å². The van der Waals surface area contributed by atoms with Gasteiger partial charge in [-0.05, 0) is 59.1 Å². The topological polar surface area (TPSA) is 99.3 Å².